The molecule has 0 spiro atoms. The lowest BCUT2D eigenvalue weighted by molar-refractivity contribution is 0.434. The molecule has 0 fully saturated rings. The van der Waals surface area contributed by atoms with Crippen molar-refractivity contribution in [1.82, 2.24) is 15.5 Å². The Morgan fingerprint density at radius 2 is 1.75 bits per heavy atom. The quantitative estimate of drug-likeness (QED) is 0.690. The van der Waals surface area contributed by atoms with Crippen LogP contribution in [-0.2, 0) is 12.8 Å². The molecule has 0 atom stereocenters. The van der Waals surface area contributed by atoms with Crippen LogP contribution < -0.4 is 5.32 Å². The second kappa shape index (κ2) is 7.39. The van der Waals surface area contributed by atoms with Gasteiger partial charge in [-0.15, -0.1) is 10.2 Å². The van der Waals surface area contributed by atoms with Gasteiger partial charge in [-0.25, -0.2) is 0 Å². The Morgan fingerprint density at radius 3 is 2.31 bits per heavy atom. The summed E-state index contributed by atoms with van der Waals surface area (Å²) in [6.07, 6.45) is 5.12. The molecule has 4 heteroatoms. The fourth-order valence-corrected chi connectivity index (χ4v) is 1.45. The minimum absolute atomic E-state index is 0.544. The van der Waals surface area contributed by atoms with Gasteiger partial charge in [0, 0.05) is 18.9 Å². The first-order valence-corrected chi connectivity index (χ1v) is 6.27. The number of aryl methyl sites for hydroxylation is 2. The highest BCUT2D eigenvalue weighted by atomic mass is 16.4. The van der Waals surface area contributed by atoms with Gasteiger partial charge in [0.05, 0.1) is 0 Å². The lowest BCUT2D eigenvalue weighted by Crippen LogP contribution is -2.23. The van der Waals surface area contributed by atoms with Crippen molar-refractivity contribution in [2.45, 2.75) is 58.9 Å². The Hall–Kier alpha value is -0.900. The van der Waals surface area contributed by atoms with E-state index in [9.17, 15) is 0 Å². The third-order valence-electron chi connectivity index (χ3n) is 2.37. The molecule has 92 valence electrons. The largest absolute Gasteiger partial charge is 0.425 e. The molecule has 0 unspecified atom stereocenters. The van der Waals surface area contributed by atoms with Crippen molar-refractivity contribution in [3.8, 4) is 0 Å². The Bertz CT molecular complexity index is 284. The van der Waals surface area contributed by atoms with Crippen LogP contribution in [0, 0.1) is 0 Å². The molecule has 16 heavy (non-hydrogen) atoms. The van der Waals surface area contributed by atoms with Crippen molar-refractivity contribution in [3.05, 3.63) is 11.8 Å². The van der Waals surface area contributed by atoms with E-state index in [0.717, 1.165) is 50.4 Å². The van der Waals surface area contributed by atoms with Gasteiger partial charge < -0.3 is 9.73 Å². The van der Waals surface area contributed by atoms with E-state index >= 15 is 0 Å². The molecule has 1 aromatic rings. The molecule has 0 saturated heterocycles. The van der Waals surface area contributed by atoms with Crippen LogP contribution >= 0.6 is 0 Å². The Labute approximate surface area is 97.8 Å². The van der Waals surface area contributed by atoms with Gasteiger partial charge >= 0.3 is 0 Å². The van der Waals surface area contributed by atoms with E-state index in [1.807, 2.05) is 0 Å². The number of aromatic nitrogens is 2. The van der Waals surface area contributed by atoms with Gasteiger partial charge in [0.1, 0.15) is 0 Å². The average Bonchev–Trinajstić information content (AvgIpc) is 2.69. The fraction of sp³-hybridized carbons (Fsp3) is 0.833. The monoisotopic (exact) mass is 225 g/mol. The zero-order chi connectivity index (χ0) is 11.8. The number of nitrogens with one attached hydrogen (secondary N) is 1. The Balaban J connectivity index is 2.19. The molecule has 4 nitrogen and oxygen atoms in total. The van der Waals surface area contributed by atoms with Gasteiger partial charge in [-0.1, -0.05) is 27.2 Å². The standard InChI is InChI=1S/C12H23N3O/c1-4-5-7-11-14-15-12(16-11)8-6-9-13-10(2)3/h10,13H,4-9H2,1-3H3. The normalized spacial score (nSPS) is 11.2. The highest BCUT2D eigenvalue weighted by molar-refractivity contribution is 4.82. The molecule has 0 saturated carbocycles. The fourth-order valence-electron chi connectivity index (χ4n) is 1.45. The van der Waals surface area contributed by atoms with Crippen LogP contribution in [0.25, 0.3) is 0 Å². The van der Waals surface area contributed by atoms with Gasteiger partial charge in [0.25, 0.3) is 0 Å². The van der Waals surface area contributed by atoms with Crippen molar-refractivity contribution in [3.63, 3.8) is 0 Å². The SMILES string of the molecule is CCCCc1nnc(CCCNC(C)C)o1. The summed E-state index contributed by atoms with van der Waals surface area (Å²) in [6, 6.07) is 0.544. The molecule has 0 aromatic carbocycles. The first-order valence-electron chi connectivity index (χ1n) is 6.27. The van der Waals surface area contributed by atoms with E-state index < -0.39 is 0 Å². The van der Waals surface area contributed by atoms with E-state index in [-0.39, 0.29) is 0 Å². The minimum Gasteiger partial charge on any atom is -0.425 e. The van der Waals surface area contributed by atoms with Crippen LogP contribution in [0.4, 0.5) is 0 Å². The lowest BCUT2D eigenvalue weighted by atomic mass is 10.2. The predicted molar refractivity (Wildman–Crippen MR) is 64.4 cm³/mol. The van der Waals surface area contributed by atoms with E-state index in [4.69, 9.17) is 4.42 Å². The maximum Gasteiger partial charge on any atom is 0.216 e. The van der Waals surface area contributed by atoms with E-state index in [0.29, 0.717) is 6.04 Å². The molecule has 1 aromatic heterocycles. The zero-order valence-electron chi connectivity index (χ0n) is 10.6. The number of nitrogens with zero attached hydrogens (tertiary/aromatic N) is 2. The van der Waals surface area contributed by atoms with Gasteiger partial charge in [0.2, 0.25) is 11.8 Å². The van der Waals surface area contributed by atoms with Crippen LogP contribution in [0.15, 0.2) is 4.42 Å². The number of unbranched alkanes of at least 4 members (excludes halogenated alkanes) is 1. The lowest BCUT2D eigenvalue weighted by Gasteiger charge is -2.05. The van der Waals surface area contributed by atoms with Crippen LogP contribution in [0.3, 0.4) is 0 Å². The molecule has 0 amide bonds. The van der Waals surface area contributed by atoms with Gasteiger partial charge in [-0.2, -0.15) is 0 Å². The summed E-state index contributed by atoms with van der Waals surface area (Å²) in [4.78, 5) is 0. The molecule has 0 radical (unpaired) electrons. The van der Waals surface area contributed by atoms with Gasteiger partial charge in [-0.05, 0) is 19.4 Å². The van der Waals surface area contributed by atoms with Crippen molar-refractivity contribution >= 4 is 0 Å². The molecular weight excluding hydrogens is 202 g/mol. The van der Waals surface area contributed by atoms with Crippen molar-refractivity contribution in [1.29, 1.82) is 0 Å². The van der Waals surface area contributed by atoms with E-state index in [1.54, 1.807) is 0 Å². The molecule has 0 aliphatic rings. The zero-order valence-corrected chi connectivity index (χ0v) is 10.6. The highest BCUT2D eigenvalue weighted by Crippen LogP contribution is 2.05. The predicted octanol–water partition coefficient (Wildman–Crippen LogP) is 2.34. The number of rotatable bonds is 8. The first kappa shape index (κ1) is 13.2. The average molecular weight is 225 g/mol. The third kappa shape index (κ3) is 5.26. The Kier molecular flexibility index (Phi) is 6.08. The van der Waals surface area contributed by atoms with Gasteiger partial charge in [-0.3, -0.25) is 0 Å². The maximum atomic E-state index is 5.54. The van der Waals surface area contributed by atoms with Crippen LogP contribution in [0.2, 0.25) is 0 Å². The minimum atomic E-state index is 0.544. The molecule has 1 rings (SSSR count). The smallest absolute Gasteiger partial charge is 0.216 e. The summed E-state index contributed by atoms with van der Waals surface area (Å²) in [5.41, 5.74) is 0. The molecule has 0 aliphatic heterocycles. The maximum absolute atomic E-state index is 5.54. The summed E-state index contributed by atoms with van der Waals surface area (Å²) in [7, 11) is 0. The second-order valence-corrected chi connectivity index (χ2v) is 4.41. The Morgan fingerprint density at radius 1 is 1.12 bits per heavy atom. The van der Waals surface area contributed by atoms with Crippen LogP contribution in [0.1, 0.15) is 51.8 Å². The summed E-state index contributed by atoms with van der Waals surface area (Å²) >= 11 is 0. The van der Waals surface area contributed by atoms with Gasteiger partial charge in [0.15, 0.2) is 0 Å². The molecular formula is C12H23N3O. The number of hydrogen-bond acceptors (Lipinski definition) is 4. The van der Waals surface area contributed by atoms with Crippen LogP contribution in [-0.4, -0.2) is 22.8 Å². The summed E-state index contributed by atoms with van der Waals surface area (Å²) in [6.45, 7) is 7.46. The number of hydrogen-bond donors (Lipinski definition) is 1. The summed E-state index contributed by atoms with van der Waals surface area (Å²) < 4.78 is 5.54. The van der Waals surface area contributed by atoms with Crippen molar-refractivity contribution in [2.75, 3.05) is 6.54 Å². The van der Waals surface area contributed by atoms with Crippen molar-refractivity contribution < 1.29 is 4.42 Å². The molecule has 0 bridgehead atoms. The first-order chi connectivity index (χ1) is 7.72. The summed E-state index contributed by atoms with van der Waals surface area (Å²) in [5, 5.41) is 11.4. The van der Waals surface area contributed by atoms with E-state index in [1.165, 1.54) is 0 Å². The van der Waals surface area contributed by atoms with Crippen molar-refractivity contribution in [2.24, 2.45) is 0 Å². The topological polar surface area (TPSA) is 51.0 Å². The second-order valence-electron chi connectivity index (χ2n) is 4.41. The highest BCUT2D eigenvalue weighted by Gasteiger charge is 2.05. The molecule has 1 N–H and O–H groups in total. The molecule has 0 aliphatic carbocycles. The van der Waals surface area contributed by atoms with Crippen LogP contribution in [0.5, 0.6) is 0 Å². The molecule has 1 heterocycles. The van der Waals surface area contributed by atoms with E-state index in [2.05, 4.69) is 36.3 Å². The summed E-state index contributed by atoms with van der Waals surface area (Å²) in [5.74, 6) is 1.56. The third-order valence-corrected chi connectivity index (χ3v) is 2.37.